The highest BCUT2D eigenvalue weighted by Gasteiger charge is 2.16. The second-order valence-corrected chi connectivity index (χ2v) is 6.05. The van der Waals surface area contributed by atoms with Crippen molar-refractivity contribution in [2.75, 3.05) is 13.1 Å². The van der Waals surface area contributed by atoms with Crippen LogP contribution in [0.2, 0.25) is 5.02 Å². The van der Waals surface area contributed by atoms with Crippen molar-refractivity contribution in [2.45, 2.75) is 18.9 Å². The van der Waals surface area contributed by atoms with Crippen LogP contribution in [-0.4, -0.2) is 30.1 Å². The van der Waals surface area contributed by atoms with E-state index in [2.05, 4.69) is 10.6 Å². The summed E-state index contributed by atoms with van der Waals surface area (Å²) in [4.78, 5) is 0. The fourth-order valence-electron chi connectivity index (χ4n) is 2.51. The van der Waals surface area contributed by atoms with Gasteiger partial charge in [0.15, 0.2) is 0 Å². The molecule has 24 heavy (non-hydrogen) atoms. The van der Waals surface area contributed by atoms with E-state index in [-0.39, 0.29) is 34.0 Å². The first kappa shape index (κ1) is 18.0. The lowest BCUT2D eigenvalue weighted by molar-refractivity contribution is 0.414. The Morgan fingerprint density at radius 1 is 1.29 bits per heavy atom. The SMILES string of the molecule is N=C(N)/C(N)=C(/C=C(\N)c1cccc(Cl)c1O)NC1CCNCC1. The number of phenolic OH excluding ortho intramolecular Hbond substituents is 1. The highest BCUT2D eigenvalue weighted by Crippen LogP contribution is 2.30. The summed E-state index contributed by atoms with van der Waals surface area (Å²) in [6.45, 7) is 1.80. The minimum absolute atomic E-state index is 0.101. The standard InChI is InChI=1S/C16H23ClN6O/c17-11-3-1-2-10(15(11)24)12(18)8-13(14(19)16(20)21)23-9-4-6-22-7-5-9/h1-3,8-9,22-24H,4-7,18-19H2,(H3,20,21)/b12-8-,14-13+. The van der Waals surface area contributed by atoms with Crippen molar-refractivity contribution in [2.24, 2.45) is 17.2 Å². The zero-order chi connectivity index (χ0) is 17.7. The van der Waals surface area contributed by atoms with Gasteiger partial charge in [-0.25, -0.2) is 0 Å². The largest absolute Gasteiger partial charge is 0.506 e. The first-order valence-corrected chi connectivity index (χ1v) is 8.04. The summed E-state index contributed by atoms with van der Waals surface area (Å²) in [6.07, 6.45) is 3.42. The van der Waals surface area contributed by atoms with Crippen molar-refractivity contribution in [1.29, 1.82) is 5.41 Å². The van der Waals surface area contributed by atoms with Crippen LogP contribution in [0.4, 0.5) is 0 Å². The van der Waals surface area contributed by atoms with Gasteiger partial charge in [-0.1, -0.05) is 17.7 Å². The lowest BCUT2D eigenvalue weighted by atomic mass is 10.0. The molecule has 130 valence electrons. The van der Waals surface area contributed by atoms with Gasteiger partial charge in [-0.3, -0.25) is 5.41 Å². The molecule has 10 N–H and O–H groups in total. The van der Waals surface area contributed by atoms with Gasteiger partial charge in [0.2, 0.25) is 0 Å². The minimum atomic E-state index is -0.245. The highest BCUT2D eigenvalue weighted by atomic mass is 35.5. The van der Waals surface area contributed by atoms with Crippen LogP contribution in [0, 0.1) is 5.41 Å². The molecule has 2 rings (SSSR count). The number of para-hydroxylation sites is 1. The van der Waals surface area contributed by atoms with Crippen molar-refractivity contribution < 1.29 is 5.11 Å². The molecular formula is C16H23ClN6O. The number of phenols is 1. The minimum Gasteiger partial charge on any atom is -0.506 e. The number of rotatable bonds is 5. The van der Waals surface area contributed by atoms with Crippen LogP contribution in [0.15, 0.2) is 35.7 Å². The third-order valence-electron chi connectivity index (χ3n) is 3.88. The Kier molecular flexibility index (Phi) is 5.94. The molecule has 0 aliphatic carbocycles. The zero-order valence-electron chi connectivity index (χ0n) is 13.3. The van der Waals surface area contributed by atoms with Gasteiger partial charge in [-0.05, 0) is 44.1 Å². The molecular weight excluding hydrogens is 328 g/mol. The van der Waals surface area contributed by atoms with E-state index in [1.165, 1.54) is 0 Å². The van der Waals surface area contributed by atoms with E-state index in [0.717, 1.165) is 25.9 Å². The van der Waals surface area contributed by atoms with Crippen molar-refractivity contribution in [3.63, 3.8) is 0 Å². The Morgan fingerprint density at radius 3 is 2.58 bits per heavy atom. The maximum absolute atomic E-state index is 10.1. The second kappa shape index (κ2) is 7.94. The van der Waals surface area contributed by atoms with Crippen LogP contribution in [0.5, 0.6) is 5.75 Å². The smallest absolute Gasteiger partial charge is 0.143 e. The molecule has 0 atom stereocenters. The molecule has 0 radical (unpaired) electrons. The molecule has 0 aromatic heterocycles. The lowest BCUT2D eigenvalue weighted by Crippen LogP contribution is -2.40. The van der Waals surface area contributed by atoms with Gasteiger partial charge in [-0.2, -0.15) is 0 Å². The molecule has 1 aliphatic heterocycles. The second-order valence-electron chi connectivity index (χ2n) is 5.65. The third kappa shape index (κ3) is 4.33. The van der Waals surface area contributed by atoms with Gasteiger partial charge in [0, 0.05) is 17.3 Å². The van der Waals surface area contributed by atoms with E-state index in [1.807, 2.05) is 0 Å². The fraction of sp³-hybridized carbons (Fsp3) is 0.312. The third-order valence-corrected chi connectivity index (χ3v) is 4.18. The molecule has 1 saturated heterocycles. The molecule has 1 aliphatic rings. The summed E-state index contributed by atoms with van der Waals surface area (Å²) in [5.41, 5.74) is 18.8. The predicted octanol–water partition coefficient (Wildman–Crippen LogP) is 0.793. The van der Waals surface area contributed by atoms with E-state index in [9.17, 15) is 5.11 Å². The lowest BCUT2D eigenvalue weighted by Gasteiger charge is -2.26. The van der Waals surface area contributed by atoms with Gasteiger partial charge < -0.3 is 32.9 Å². The molecule has 8 heteroatoms. The van der Waals surface area contributed by atoms with Crippen molar-refractivity contribution >= 4 is 23.1 Å². The molecule has 0 unspecified atom stereocenters. The van der Waals surface area contributed by atoms with Gasteiger partial charge in [0.05, 0.1) is 16.4 Å². The van der Waals surface area contributed by atoms with Crippen LogP contribution in [-0.2, 0) is 0 Å². The Hall–Kier alpha value is -2.38. The van der Waals surface area contributed by atoms with E-state index in [1.54, 1.807) is 24.3 Å². The zero-order valence-corrected chi connectivity index (χ0v) is 14.0. The molecule has 7 nitrogen and oxygen atoms in total. The van der Waals surface area contributed by atoms with Crippen molar-refractivity contribution in [1.82, 2.24) is 10.6 Å². The number of halogens is 1. The molecule has 0 spiro atoms. The molecule has 1 aromatic carbocycles. The Bertz CT molecular complexity index is 679. The number of piperidine rings is 1. The summed E-state index contributed by atoms with van der Waals surface area (Å²) in [6, 6.07) is 5.12. The molecule has 1 aromatic rings. The first-order chi connectivity index (χ1) is 11.4. The summed E-state index contributed by atoms with van der Waals surface area (Å²) in [7, 11) is 0. The number of nitrogens with two attached hydrogens (primary N) is 3. The predicted molar refractivity (Wildman–Crippen MR) is 97.4 cm³/mol. The van der Waals surface area contributed by atoms with E-state index in [4.69, 9.17) is 34.2 Å². The van der Waals surface area contributed by atoms with Gasteiger partial charge in [0.1, 0.15) is 11.6 Å². The average molecular weight is 351 g/mol. The Balaban J connectivity index is 2.34. The normalized spacial score (nSPS) is 17.3. The van der Waals surface area contributed by atoms with Crippen molar-refractivity contribution in [3.05, 3.63) is 46.3 Å². The highest BCUT2D eigenvalue weighted by molar-refractivity contribution is 6.32. The fourth-order valence-corrected chi connectivity index (χ4v) is 2.68. The molecule has 0 amide bonds. The van der Waals surface area contributed by atoms with Crippen LogP contribution < -0.4 is 27.8 Å². The van der Waals surface area contributed by atoms with Crippen LogP contribution in [0.3, 0.4) is 0 Å². The summed E-state index contributed by atoms with van der Waals surface area (Å²) in [5, 5.41) is 24.4. The molecule has 1 fully saturated rings. The van der Waals surface area contributed by atoms with Gasteiger partial charge in [-0.15, -0.1) is 0 Å². The maximum atomic E-state index is 10.1. The Morgan fingerprint density at radius 2 is 1.96 bits per heavy atom. The summed E-state index contributed by atoms with van der Waals surface area (Å²) in [5.74, 6) is -0.346. The molecule has 1 heterocycles. The summed E-state index contributed by atoms with van der Waals surface area (Å²) < 4.78 is 0. The first-order valence-electron chi connectivity index (χ1n) is 7.66. The number of benzene rings is 1. The average Bonchev–Trinajstić information content (AvgIpc) is 2.56. The van der Waals surface area contributed by atoms with Crippen LogP contribution in [0.1, 0.15) is 18.4 Å². The molecule has 0 saturated carbocycles. The molecule has 0 bridgehead atoms. The summed E-state index contributed by atoms with van der Waals surface area (Å²) >= 11 is 5.92. The van der Waals surface area contributed by atoms with Crippen molar-refractivity contribution in [3.8, 4) is 5.75 Å². The van der Waals surface area contributed by atoms with Crippen LogP contribution >= 0.6 is 11.6 Å². The topological polar surface area (TPSA) is 146 Å². The van der Waals surface area contributed by atoms with E-state index < -0.39 is 0 Å². The van der Waals surface area contributed by atoms with E-state index in [0.29, 0.717) is 11.3 Å². The quantitative estimate of drug-likeness (QED) is 0.237. The number of hydrogen-bond donors (Lipinski definition) is 7. The maximum Gasteiger partial charge on any atom is 0.143 e. The Labute approximate surface area is 146 Å². The monoisotopic (exact) mass is 350 g/mol. The van der Waals surface area contributed by atoms with Gasteiger partial charge in [0.25, 0.3) is 0 Å². The number of allylic oxidation sites excluding steroid dienone is 1. The van der Waals surface area contributed by atoms with Gasteiger partial charge >= 0.3 is 0 Å². The number of nitrogens with one attached hydrogen (secondary N) is 3. The number of aromatic hydroxyl groups is 1. The van der Waals surface area contributed by atoms with E-state index >= 15 is 0 Å². The number of hydrogen-bond acceptors (Lipinski definition) is 6. The number of amidine groups is 1. The van der Waals surface area contributed by atoms with Crippen LogP contribution in [0.25, 0.3) is 5.70 Å².